The molecule has 5 heteroatoms. The maximum Gasteiger partial charge on any atom is 0.254 e. The maximum atomic E-state index is 12.0. The van der Waals surface area contributed by atoms with E-state index >= 15 is 0 Å². The molecule has 0 fully saturated rings. The highest BCUT2D eigenvalue weighted by molar-refractivity contribution is 5.56. The average molecular weight is 396 g/mol. The molecule has 1 unspecified atom stereocenters. The predicted octanol–water partition coefficient (Wildman–Crippen LogP) is 4.84. The Balaban J connectivity index is 1.58. The average Bonchev–Trinajstić information content (AvgIpc) is 2.78. The Morgan fingerprint density at radius 2 is 1.63 bits per heavy atom. The van der Waals surface area contributed by atoms with Gasteiger partial charge in [-0.05, 0) is 43.5 Å². The summed E-state index contributed by atoms with van der Waals surface area (Å²) in [5.74, 6) is 1.31. The lowest BCUT2D eigenvalue weighted by Crippen LogP contribution is -2.15. The molecular formula is C25H24N4O. The molecular weight excluding hydrogens is 372 g/mol. The van der Waals surface area contributed by atoms with Crippen molar-refractivity contribution in [3.8, 4) is 11.4 Å². The van der Waals surface area contributed by atoms with Crippen molar-refractivity contribution in [2.45, 2.75) is 26.3 Å². The van der Waals surface area contributed by atoms with Crippen molar-refractivity contribution in [3.63, 3.8) is 0 Å². The lowest BCUT2D eigenvalue weighted by molar-refractivity contribution is 0.770. The summed E-state index contributed by atoms with van der Waals surface area (Å²) in [6, 6.07) is 24.7. The zero-order chi connectivity index (χ0) is 20.9. The molecule has 2 aromatic carbocycles. The zero-order valence-electron chi connectivity index (χ0n) is 17.1. The van der Waals surface area contributed by atoms with E-state index < -0.39 is 0 Å². The second kappa shape index (κ2) is 8.74. The van der Waals surface area contributed by atoms with E-state index in [2.05, 4.69) is 56.7 Å². The predicted molar refractivity (Wildman–Crippen MR) is 121 cm³/mol. The normalized spacial score (nSPS) is 11.8. The first-order chi connectivity index (χ1) is 14.6. The third-order valence-corrected chi connectivity index (χ3v) is 5.24. The first-order valence-electron chi connectivity index (χ1n) is 9.99. The van der Waals surface area contributed by atoms with Gasteiger partial charge in [0.15, 0.2) is 0 Å². The monoisotopic (exact) mass is 396 g/mol. The molecule has 0 saturated carbocycles. The lowest BCUT2D eigenvalue weighted by Gasteiger charge is -2.20. The smallest absolute Gasteiger partial charge is 0.254 e. The molecule has 0 aliphatic rings. The Hall–Kier alpha value is -3.73. The fraction of sp³-hybridized carbons (Fsp3) is 0.160. The van der Waals surface area contributed by atoms with Gasteiger partial charge >= 0.3 is 0 Å². The van der Waals surface area contributed by atoms with Crippen molar-refractivity contribution in [1.82, 2.24) is 15.0 Å². The van der Waals surface area contributed by atoms with Crippen molar-refractivity contribution in [1.29, 1.82) is 0 Å². The Morgan fingerprint density at radius 3 is 2.27 bits per heavy atom. The van der Waals surface area contributed by atoms with Crippen LogP contribution in [0.15, 0.2) is 83.8 Å². The Bertz CT molecular complexity index is 1170. The van der Waals surface area contributed by atoms with Crippen LogP contribution in [0.25, 0.3) is 11.4 Å². The summed E-state index contributed by atoms with van der Waals surface area (Å²) in [6.07, 6.45) is 2.58. The minimum absolute atomic E-state index is 0.0894. The number of hydrogen-bond acceptors (Lipinski definition) is 4. The number of anilines is 1. The summed E-state index contributed by atoms with van der Waals surface area (Å²) in [4.78, 5) is 23.9. The van der Waals surface area contributed by atoms with E-state index in [9.17, 15) is 4.79 Å². The second-order valence-corrected chi connectivity index (χ2v) is 7.35. The van der Waals surface area contributed by atoms with Gasteiger partial charge in [0, 0.05) is 23.0 Å². The number of hydrogen-bond donors (Lipinski definition) is 2. The molecule has 4 aromatic rings. The van der Waals surface area contributed by atoms with Crippen molar-refractivity contribution in [2.75, 3.05) is 5.32 Å². The van der Waals surface area contributed by atoms with Crippen molar-refractivity contribution in [2.24, 2.45) is 0 Å². The molecule has 0 radical (unpaired) electrons. The molecule has 0 aliphatic heterocycles. The minimum Gasteiger partial charge on any atom is -0.363 e. The van der Waals surface area contributed by atoms with Crippen LogP contribution >= 0.6 is 0 Å². The van der Waals surface area contributed by atoms with Gasteiger partial charge in [0.25, 0.3) is 5.56 Å². The number of H-pyrrole nitrogens is 1. The Labute approximate surface area is 175 Å². The summed E-state index contributed by atoms with van der Waals surface area (Å²) < 4.78 is 0. The standard InChI is InChI=1S/C25H24N4O/c1-17-18(2)27-24(29-25(17)30)21-13-14-23(26-16-21)28-22(20-11-7-4-8-12-20)15-19-9-5-3-6-10-19/h3-14,16,22H,15H2,1-2H3,(H,26,28)(H,27,29,30). The number of aromatic amines is 1. The van der Waals surface area contributed by atoms with Gasteiger partial charge in [-0.1, -0.05) is 60.7 Å². The van der Waals surface area contributed by atoms with E-state index in [1.807, 2.05) is 43.3 Å². The number of rotatable bonds is 6. The number of nitrogens with one attached hydrogen (secondary N) is 2. The zero-order valence-corrected chi connectivity index (χ0v) is 17.1. The molecule has 0 spiro atoms. The van der Waals surface area contributed by atoms with Crippen LogP contribution in [-0.2, 0) is 6.42 Å². The van der Waals surface area contributed by atoms with Crippen molar-refractivity contribution in [3.05, 3.63) is 112 Å². The molecule has 2 heterocycles. The van der Waals surface area contributed by atoms with Gasteiger partial charge in [0.2, 0.25) is 0 Å². The number of aryl methyl sites for hydroxylation is 1. The first-order valence-corrected chi connectivity index (χ1v) is 9.99. The molecule has 5 nitrogen and oxygen atoms in total. The highest BCUT2D eigenvalue weighted by Crippen LogP contribution is 2.24. The molecule has 2 N–H and O–H groups in total. The van der Waals surface area contributed by atoms with Gasteiger partial charge in [-0.25, -0.2) is 9.97 Å². The third-order valence-electron chi connectivity index (χ3n) is 5.24. The SMILES string of the molecule is Cc1nc(-c2ccc(NC(Cc3ccccc3)c3ccccc3)nc2)[nH]c(=O)c1C. The van der Waals surface area contributed by atoms with Crippen LogP contribution in [0.4, 0.5) is 5.82 Å². The topological polar surface area (TPSA) is 70.7 Å². The fourth-order valence-electron chi connectivity index (χ4n) is 3.37. The third kappa shape index (κ3) is 4.46. The second-order valence-electron chi connectivity index (χ2n) is 7.35. The largest absolute Gasteiger partial charge is 0.363 e. The molecule has 0 saturated heterocycles. The summed E-state index contributed by atoms with van der Waals surface area (Å²) in [7, 11) is 0. The van der Waals surface area contributed by atoms with Crippen molar-refractivity contribution < 1.29 is 0 Å². The van der Waals surface area contributed by atoms with Crippen molar-refractivity contribution >= 4 is 5.82 Å². The summed E-state index contributed by atoms with van der Waals surface area (Å²) >= 11 is 0. The van der Waals surface area contributed by atoms with E-state index in [0.717, 1.165) is 23.5 Å². The van der Waals surface area contributed by atoms with E-state index in [-0.39, 0.29) is 11.6 Å². The minimum atomic E-state index is -0.119. The van der Waals surface area contributed by atoms with E-state index in [1.165, 1.54) is 11.1 Å². The Morgan fingerprint density at radius 1 is 0.933 bits per heavy atom. The van der Waals surface area contributed by atoms with E-state index in [1.54, 1.807) is 13.1 Å². The maximum absolute atomic E-state index is 12.0. The molecule has 0 bridgehead atoms. The van der Waals surface area contributed by atoms with Gasteiger partial charge < -0.3 is 10.3 Å². The highest BCUT2D eigenvalue weighted by atomic mass is 16.1. The van der Waals surface area contributed by atoms with Gasteiger partial charge in [0.1, 0.15) is 11.6 Å². The summed E-state index contributed by atoms with van der Waals surface area (Å²) in [5, 5.41) is 3.55. The molecule has 0 aliphatic carbocycles. The summed E-state index contributed by atoms with van der Waals surface area (Å²) in [6.45, 7) is 3.61. The number of pyridine rings is 1. The van der Waals surface area contributed by atoms with E-state index in [4.69, 9.17) is 0 Å². The van der Waals surface area contributed by atoms with Gasteiger partial charge in [-0.3, -0.25) is 4.79 Å². The molecule has 0 amide bonds. The highest BCUT2D eigenvalue weighted by Gasteiger charge is 2.13. The molecule has 4 rings (SSSR count). The van der Waals surface area contributed by atoms with E-state index in [0.29, 0.717) is 11.4 Å². The quantitative estimate of drug-likeness (QED) is 0.489. The molecule has 150 valence electrons. The van der Waals surface area contributed by atoms with Crippen LogP contribution in [0.5, 0.6) is 0 Å². The van der Waals surface area contributed by atoms with Crippen LogP contribution in [0, 0.1) is 13.8 Å². The van der Waals surface area contributed by atoms with Crippen LogP contribution in [0.2, 0.25) is 0 Å². The van der Waals surface area contributed by atoms with Gasteiger partial charge in [-0.2, -0.15) is 0 Å². The Kier molecular flexibility index (Phi) is 5.70. The fourth-order valence-corrected chi connectivity index (χ4v) is 3.37. The number of aromatic nitrogens is 3. The lowest BCUT2D eigenvalue weighted by atomic mass is 9.99. The van der Waals surface area contributed by atoms with Gasteiger partial charge in [0.05, 0.1) is 6.04 Å². The number of nitrogens with zero attached hydrogens (tertiary/aromatic N) is 2. The van der Waals surface area contributed by atoms with Crippen LogP contribution in [-0.4, -0.2) is 15.0 Å². The molecule has 2 aromatic heterocycles. The van der Waals surface area contributed by atoms with Crippen LogP contribution < -0.4 is 10.9 Å². The number of benzene rings is 2. The van der Waals surface area contributed by atoms with Crippen LogP contribution in [0.1, 0.15) is 28.4 Å². The van der Waals surface area contributed by atoms with Gasteiger partial charge in [-0.15, -0.1) is 0 Å². The first kappa shape index (κ1) is 19.6. The van der Waals surface area contributed by atoms with Crippen LogP contribution in [0.3, 0.4) is 0 Å². The summed E-state index contributed by atoms with van der Waals surface area (Å²) in [5.41, 5.74) is 4.48. The molecule has 30 heavy (non-hydrogen) atoms. The molecule has 1 atom stereocenters.